The first kappa shape index (κ1) is 13.5. The van der Waals surface area contributed by atoms with Gasteiger partial charge in [-0.1, -0.05) is 27.7 Å². The van der Waals surface area contributed by atoms with E-state index < -0.39 is 0 Å². The van der Waals surface area contributed by atoms with E-state index in [0.29, 0.717) is 0 Å². The van der Waals surface area contributed by atoms with Crippen molar-refractivity contribution in [3.05, 3.63) is 0 Å². The number of hydrogen-bond acceptors (Lipinski definition) is 2. The summed E-state index contributed by atoms with van der Waals surface area (Å²) in [5.74, 6) is 0. The van der Waals surface area contributed by atoms with E-state index in [1.807, 2.05) is 13.8 Å². The summed E-state index contributed by atoms with van der Waals surface area (Å²) in [5.41, 5.74) is 5.36. The molecule has 0 aliphatic rings. The minimum atomic E-state index is 0. The van der Waals surface area contributed by atoms with Crippen LogP contribution in [0.3, 0.4) is 0 Å². The molecule has 0 saturated heterocycles. The van der Waals surface area contributed by atoms with E-state index in [9.17, 15) is 0 Å². The van der Waals surface area contributed by atoms with E-state index in [1.165, 1.54) is 0 Å². The molecule has 0 amide bonds. The molecule has 0 rings (SSSR count). The molecule has 2 nitrogen and oxygen atoms in total. The average molecular weight is 162 g/mol. The first-order valence-electron chi connectivity index (χ1n) is 4.77. The van der Waals surface area contributed by atoms with Crippen molar-refractivity contribution < 1.29 is 1.43 Å². The standard InChI is InChI=1S/C7H18N2.C2H6.H2/c1-3-9(4-2)7-5-6-8;1-2;/h3-8H2,1-2H3;1-2H3;1H. The molecule has 0 aromatic rings. The van der Waals surface area contributed by atoms with Crippen molar-refractivity contribution in [1.29, 1.82) is 0 Å². The van der Waals surface area contributed by atoms with E-state index in [-0.39, 0.29) is 1.43 Å². The summed E-state index contributed by atoms with van der Waals surface area (Å²) in [6.07, 6.45) is 1.13. The van der Waals surface area contributed by atoms with E-state index in [4.69, 9.17) is 5.73 Å². The Morgan fingerprint density at radius 1 is 1.18 bits per heavy atom. The molecule has 0 aliphatic carbocycles. The lowest BCUT2D eigenvalue weighted by molar-refractivity contribution is 0.302. The second kappa shape index (κ2) is 12.6. The Bertz CT molecular complexity index is 56.5. The van der Waals surface area contributed by atoms with Crippen LogP contribution in [0.5, 0.6) is 0 Å². The Morgan fingerprint density at radius 2 is 1.64 bits per heavy atom. The molecule has 0 spiro atoms. The van der Waals surface area contributed by atoms with Gasteiger partial charge < -0.3 is 10.6 Å². The Hall–Kier alpha value is -0.0800. The van der Waals surface area contributed by atoms with E-state index >= 15 is 0 Å². The minimum Gasteiger partial charge on any atom is -0.330 e. The highest BCUT2D eigenvalue weighted by Crippen LogP contribution is 1.87. The molecule has 0 radical (unpaired) electrons. The van der Waals surface area contributed by atoms with Crippen LogP contribution in [0.4, 0.5) is 0 Å². The maximum atomic E-state index is 5.36. The summed E-state index contributed by atoms with van der Waals surface area (Å²) >= 11 is 0. The van der Waals surface area contributed by atoms with Gasteiger partial charge in [-0.15, -0.1) is 0 Å². The zero-order chi connectivity index (χ0) is 9.11. The second-order valence-electron chi connectivity index (χ2n) is 2.17. The minimum absolute atomic E-state index is 0. The van der Waals surface area contributed by atoms with Crippen molar-refractivity contribution in [2.45, 2.75) is 34.1 Å². The molecule has 0 aromatic heterocycles. The fourth-order valence-electron chi connectivity index (χ4n) is 0.855. The Balaban J connectivity index is -0.000000249. The van der Waals surface area contributed by atoms with Gasteiger partial charge in [0.1, 0.15) is 0 Å². The molecular formula is C9H26N2. The average Bonchev–Trinajstić information content (AvgIpc) is 2.10. The Labute approximate surface area is 73.2 Å². The summed E-state index contributed by atoms with van der Waals surface area (Å²) in [6.45, 7) is 12.6. The van der Waals surface area contributed by atoms with Crippen LogP contribution in [0, 0.1) is 0 Å². The summed E-state index contributed by atoms with van der Waals surface area (Å²) in [6, 6.07) is 0. The van der Waals surface area contributed by atoms with Crippen LogP contribution in [-0.4, -0.2) is 31.1 Å². The summed E-state index contributed by atoms with van der Waals surface area (Å²) in [5, 5.41) is 0. The van der Waals surface area contributed by atoms with E-state index in [2.05, 4.69) is 18.7 Å². The van der Waals surface area contributed by atoms with Crippen LogP contribution in [0.25, 0.3) is 0 Å². The van der Waals surface area contributed by atoms with Gasteiger partial charge in [0.2, 0.25) is 0 Å². The van der Waals surface area contributed by atoms with Gasteiger partial charge in [-0.05, 0) is 32.6 Å². The van der Waals surface area contributed by atoms with Crippen molar-refractivity contribution in [2.24, 2.45) is 5.73 Å². The summed E-state index contributed by atoms with van der Waals surface area (Å²) in [4.78, 5) is 2.38. The summed E-state index contributed by atoms with van der Waals surface area (Å²) < 4.78 is 0. The normalized spacial score (nSPS) is 9.27. The van der Waals surface area contributed by atoms with Gasteiger partial charge in [-0.3, -0.25) is 0 Å². The molecule has 2 heteroatoms. The number of nitrogens with zero attached hydrogens (tertiary/aromatic N) is 1. The van der Waals surface area contributed by atoms with Crippen molar-refractivity contribution in [3.63, 3.8) is 0 Å². The third kappa shape index (κ3) is 9.92. The third-order valence-corrected chi connectivity index (χ3v) is 1.57. The summed E-state index contributed by atoms with van der Waals surface area (Å²) in [7, 11) is 0. The SMILES string of the molecule is CC.CCN(CC)CCCN.[HH]. The fraction of sp³-hybridized carbons (Fsp3) is 1.00. The molecule has 2 N–H and O–H groups in total. The highest BCUT2D eigenvalue weighted by atomic mass is 15.1. The zero-order valence-corrected chi connectivity index (χ0v) is 8.56. The number of hydrogen-bond donors (Lipinski definition) is 1. The molecule has 0 aliphatic heterocycles. The van der Waals surface area contributed by atoms with Crippen molar-refractivity contribution >= 4 is 0 Å². The van der Waals surface area contributed by atoms with Crippen molar-refractivity contribution in [3.8, 4) is 0 Å². The maximum absolute atomic E-state index is 5.36. The van der Waals surface area contributed by atoms with Crippen LogP contribution < -0.4 is 5.73 Å². The molecule has 0 unspecified atom stereocenters. The van der Waals surface area contributed by atoms with Gasteiger partial charge in [0.05, 0.1) is 0 Å². The predicted octanol–water partition coefficient (Wildman–Crippen LogP) is 1.95. The molecule has 0 bridgehead atoms. The highest BCUT2D eigenvalue weighted by molar-refractivity contribution is 4.51. The molecular weight excluding hydrogens is 136 g/mol. The first-order valence-corrected chi connectivity index (χ1v) is 4.77. The quantitative estimate of drug-likeness (QED) is 0.669. The molecule has 72 valence electrons. The van der Waals surface area contributed by atoms with E-state index in [0.717, 1.165) is 32.6 Å². The molecule has 0 atom stereocenters. The van der Waals surface area contributed by atoms with E-state index in [1.54, 1.807) is 0 Å². The lowest BCUT2D eigenvalue weighted by atomic mass is 10.4. The Kier molecular flexibility index (Phi) is 15.4. The monoisotopic (exact) mass is 162 g/mol. The highest BCUT2D eigenvalue weighted by Gasteiger charge is 1.94. The van der Waals surface area contributed by atoms with Gasteiger partial charge in [-0.25, -0.2) is 0 Å². The second-order valence-corrected chi connectivity index (χ2v) is 2.17. The molecule has 11 heavy (non-hydrogen) atoms. The smallest absolute Gasteiger partial charge is 0 e. The van der Waals surface area contributed by atoms with Crippen LogP contribution in [0.1, 0.15) is 35.5 Å². The van der Waals surface area contributed by atoms with Crippen LogP contribution in [0.2, 0.25) is 0 Å². The number of rotatable bonds is 5. The van der Waals surface area contributed by atoms with Crippen LogP contribution in [0.15, 0.2) is 0 Å². The maximum Gasteiger partial charge on any atom is 0 e. The topological polar surface area (TPSA) is 29.3 Å². The van der Waals surface area contributed by atoms with Gasteiger partial charge in [0, 0.05) is 1.43 Å². The molecule has 0 heterocycles. The largest absolute Gasteiger partial charge is 0.330 e. The van der Waals surface area contributed by atoms with Crippen molar-refractivity contribution in [2.75, 3.05) is 26.2 Å². The first-order chi connectivity index (χ1) is 5.35. The lowest BCUT2D eigenvalue weighted by Crippen LogP contribution is -2.25. The Morgan fingerprint density at radius 3 is 1.91 bits per heavy atom. The van der Waals surface area contributed by atoms with Crippen molar-refractivity contribution in [1.82, 2.24) is 4.90 Å². The molecule has 0 saturated carbocycles. The third-order valence-electron chi connectivity index (χ3n) is 1.57. The lowest BCUT2D eigenvalue weighted by Gasteiger charge is -2.16. The van der Waals surface area contributed by atoms with Crippen LogP contribution in [-0.2, 0) is 0 Å². The van der Waals surface area contributed by atoms with Gasteiger partial charge in [-0.2, -0.15) is 0 Å². The van der Waals surface area contributed by atoms with Crippen LogP contribution >= 0.6 is 0 Å². The molecule has 0 aromatic carbocycles. The van der Waals surface area contributed by atoms with Gasteiger partial charge in [0.25, 0.3) is 0 Å². The molecule has 0 fully saturated rings. The van der Waals surface area contributed by atoms with Gasteiger partial charge >= 0.3 is 0 Å². The fourth-order valence-corrected chi connectivity index (χ4v) is 0.855. The zero-order valence-electron chi connectivity index (χ0n) is 8.56. The van der Waals surface area contributed by atoms with Gasteiger partial charge in [0.15, 0.2) is 0 Å². The number of nitrogens with two attached hydrogens (primary N) is 1. The predicted molar refractivity (Wildman–Crippen MR) is 54.9 cm³/mol.